The first-order valence-electron chi connectivity index (χ1n) is 7.00. The van der Waals surface area contributed by atoms with Crippen LogP contribution in [0.1, 0.15) is 12.5 Å². The number of methoxy groups -OCH3 is 1. The van der Waals surface area contributed by atoms with Crippen molar-refractivity contribution in [2.24, 2.45) is 0 Å². The van der Waals surface area contributed by atoms with Gasteiger partial charge in [-0.2, -0.15) is 0 Å². The van der Waals surface area contributed by atoms with Crippen LogP contribution >= 0.6 is 39.1 Å². The van der Waals surface area contributed by atoms with Crippen LogP contribution in [0.15, 0.2) is 23.3 Å². The highest BCUT2D eigenvalue weighted by Crippen LogP contribution is 2.44. The first-order chi connectivity index (χ1) is 10.9. The van der Waals surface area contributed by atoms with Crippen LogP contribution in [0.2, 0.25) is 10.0 Å². The fourth-order valence-corrected chi connectivity index (χ4v) is 3.99. The summed E-state index contributed by atoms with van der Waals surface area (Å²) in [6, 6.07) is 1.83. The number of carbonyl (C=O) groups excluding carboxylic acids is 1. The topological polar surface area (TPSA) is 43.3 Å². The van der Waals surface area contributed by atoms with E-state index in [-0.39, 0.29) is 5.91 Å². The van der Waals surface area contributed by atoms with E-state index in [2.05, 4.69) is 27.8 Å². The number of fused-ring (bicyclic) bond motifs is 1. The molecule has 0 aliphatic carbocycles. The third-order valence-corrected chi connectivity index (χ3v) is 5.05. The average Bonchev–Trinajstić information content (AvgIpc) is 2.73. The minimum atomic E-state index is -0.0670. The van der Waals surface area contributed by atoms with Crippen LogP contribution in [-0.2, 0) is 17.8 Å². The summed E-state index contributed by atoms with van der Waals surface area (Å²) in [4.78, 5) is 11.1. The second kappa shape index (κ2) is 7.60. The summed E-state index contributed by atoms with van der Waals surface area (Å²) in [5.74, 6) is 0.382. The summed E-state index contributed by atoms with van der Waals surface area (Å²) in [7, 11) is 1.53. The minimum Gasteiger partial charge on any atom is -0.494 e. The predicted molar refractivity (Wildman–Crippen MR) is 98.8 cm³/mol. The summed E-state index contributed by atoms with van der Waals surface area (Å²) in [6.45, 7) is 6.40. The highest BCUT2D eigenvalue weighted by Gasteiger charge is 2.21. The van der Waals surface area contributed by atoms with Crippen LogP contribution in [0.5, 0.6) is 5.75 Å². The second-order valence-corrected chi connectivity index (χ2v) is 6.54. The molecular weight excluding hydrogens is 403 g/mol. The Balaban J connectivity index is 2.65. The van der Waals surface area contributed by atoms with Gasteiger partial charge in [0.15, 0.2) is 5.75 Å². The van der Waals surface area contributed by atoms with Crippen molar-refractivity contribution < 1.29 is 9.53 Å². The Morgan fingerprint density at radius 3 is 2.78 bits per heavy atom. The number of carbonyl (C=O) groups is 1. The third kappa shape index (κ3) is 3.52. The minimum absolute atomic E-state index is 0.0670. The summed E-state index contributed by atoms with van der Waals surface area (Å²) in [5, 5.41) is 4.59. The molecule has 2 aromatic rings. The molecule has 124 valence electrons. The SMILES string of the molecule is C=CCn1c(Br)c(CCNC(C)=O)c2c(Cl)c(OC)c(Cl)cc21. The number of hydrogen-bond donors (Lipinski definition) is 1. The smallest absolute Gasteiger partial charge is 0.216 e. The van der Waals surface area contributed by atoms with Gasteiger partial charge in [0, 0.05) is 25.4 Å². The molecule has 1 amide bonds. The van der Waals surface area contributed by atoms with Crippen LogP contribution in [0.25, 0.3) is 10.9 Å². The Labute approximate surface area is 153 Å². The Kier molecular flexibility index (Phi) is 6.00. The zero-order valence-corrected chi connectivity index (χ0v) is 16.0. The van der Waals surface area contributed by atoms with E-state index in [1.807, 2.05) is 10.6 Å². The summed E-state index contributed by atoms with van der Waals surface area (Å²) in [5.41, 5.74) is 1.89. The molecule has 0 unspecified atom stereocenters. The highest BCUT2D eigenvalue weighted by atomic mass is 79.9. The standard InChI is InChI=1S/C16H17BrCl2N2O2/c1-4-7-21-12-8-11(18)15(23-3)14(19)13(12)10(16(21)17)5-6-20-9(2)22/h4,8H,1,5-7H2,2-3H3,(H,20,22). The largest absolute Gasteiger partial charge is 0.494 e. The number of amides is 1. The van der Waals surface area contributed by atoms with Gasteiger partial charge in [0.2, 0.25) is 5.91 Å². The molecule has 7 heteroatoms. The number of ether oxygens (including phenoxy) is 1. The van der Waals surface area contributed by atoms with E-state index < -0.39 is 0 Å². The maximum Gasteiger partial charge on any atom is 0.216 e. The number of benzene rings is 1. The van der Waals surface area contributed by atoms with Crippen LogP contribution < -0.4 is 10.1 Å². The molecule has 0 saturated carbocycles. The van der Waals surface area contributed by atoms with Gasteiger partial charge in [0.25, 0.3) is 0 Å². The number of halogens is 3. The predicted octanol–water partition coefficient (Wildman–Crippen LogP) is 4.58. The number of rotatable bonds is 6. The van der Waals surface area contributed by atoms with Crippen molar-refractivity contribution in [3.8, 4) is 5.75 Å². The number of hydrogen-bond acceptors (Lipinski definition) is 2. The Morgan fingerprint density at radius 2 is 2.22 bits per heavy atom. The van der Waals surface area contributed by atoms with Gasteiger partial charge in [0.1, 0.15) is 0 Å². The second-order valence-electron chi connectivity index (χ2n) is 5.00. The van der Waals surface area contributed by atoms with E-state index in [4.69, 9.17) is 27.9 Å². The fraction of sp³-hybridized carbons (Fsp3) is 0.312. The van der Waals surface area contributed by atoms with E-state index in [9.17, 15) is 4.79 Å². The van der Waals surface area contributed by atoms with Gasteiger partial charge < -0.3 is 14.6 Å². The molecule has 4 nitrogen and oxygen atoms in total. The molecule has 2 rings (SSSR count). The lowest BCUT2D eigenvalue weighted by Gasteiger charge is -2.09. The van der Waals surface area contributed by atoms with E-state index >= 15 is 0 Å². The monoisotopic (exact) mass is 418 g/mol. The highest BCUT2D eigenvalue weighted by molar-refractivity contribution is 9.10. The summed E-state index contributed by atoms with van der Waals surface area (Å²) >= 11 is 16.4. The number of nitrogens with one attached hydrogen (secondary N) is 1. The zero-order chi connectivity index (χ0) is 17.1. The summed E-state index contributed by atoms with van der Waals surface area (Å²) in [6.07, 6.45) is 2.43. The van der Waals surface area contributed by atoms with Crippen LogP contribution in [0.4, 0.5) is 0 Å². The molecule has 1 N–H and O–H groups in total. The first kappa shape index (κ1) is 18.2. The van der Waals surface area contributed by atoms with Gasteiger partial charge >= 0.3 is 0 Å². The quantitative estimate of drug-likeness (QED) is 0.696. The van der Waals surface area contributed by atoms with Crippen LogP contribution in [0.3, 0.4) is 0 Å². The third-order valence-electron chi connectivity index (χ3n) is 3.50. The first-order valence-corrected chi connectivity index (χ1v) is 8.55. The van der Waals surface area contributed by atoms with Crippen LogP contribution in [0, 0.1) is 0 Å². The zero-order valence-electron chi connectivity index (χ0n) is 12.9. The van der Waals surface area contributed by atoms with Crippen molar-refractivity contribution in [1.29, 1.82) is 0 Å². The molecule has 23 heavy (non-hydrogen) atoms. The molecule has 0 radical (unpaired) electrons. The Morgan fingerprint density at radius 1 is 1.52 bits per heavy atom. The number of nitrogens with zero attached hydrogens (tertiary/aromatic N) is 1. The molecule has 0 bridgehead atoms. The van der Waals surface area contributed by atoms with Gasteiger partial charge in [-0.05, 0) is 34.0 Å². The summed E-state index contributed by atoms with van der Waals surface area (Å²) < 4.78 is 8.24. The van der Waals surface area contributed by atoms with Gasteiger partial charge in [0.05, 0.1) is 27.3 Å². The van der Waals surface area contributed by atoms with Crippen molar-refractivity contribution in [3.63, 3.8) is 0 Å². The van der Waals surface area contributed by atoms with Crippen molar-refractivity contribution in [1.82, 2.24) is 9.88 Å². The van der Waals surface area contributed by atoms with E-state index in [1.54, 1.807) is 6.08 Å². The lowest BCUT2D eigenvalue weighted by Crippen LogP contribution is -2.22. The normalized spacial score (nSPS) is 10.8. The van der Waals surface area contributed by atoms with Gasteiger partial charge in [-0.15, -0.1) is 6.58 Å². The number of aromatic nitrogens is 1. The maximum absolute atomic E-state index is 11.1. The fourth-order valence-electron chi connectivity index (χ4n) is 2.55. The number of allylic oxidation sites excluding steroid dienone is 1. The Bertz CT molecular complexity index is 772. The Hall–Kier alpha value is -1.17. The molecule has 1 aromatic carbocycles. The van der Waals surface area contributed by atoms with E-state index in [0.29, 0.717) is 35.3 Å². The average molecular weight is 420 g/mol. The molecule has 0 spiro atoms. The van der Waals surface area contributed by atoms with Gasteiger partial charge in [-0.1, -0.05) is 29.3 Å². The van der Waals surface area contributed by atoms with Crippen molar-refractivity contribution in [3.05, 3.63) is 38.9 Å². The van der Waals surface area contributed by atoms with Crippen molar-refractivity contribution >= 4 is 55.9 Å². The van der Waals surface area contributed by atoms with Gasteiger partial charge in [-0.25, -0.2) is 0 Å². The van der Waals surface area contributed by atoms with Gasteiger partial charge in [-0.3, -0.25) is 4.79 Å². The maximum atomic E-state index is 11.1. The molecule has 0 atom stereocenters. The lowest BCUT2D eigenvalue weighted by atomic mass is 10.1. The molecule has 0 aliphatic rings. The van der Waals surface area contributed by atoms with Crippen molar-refractivity contribution in [2.75, 3.05) is 13.7 Å². The molecule has 0 saturated heterocycles. The van der Waals surface area contributed by atoms with Crippen LogP contribution in [-0.4, -0.2) is 24.1 Å². The van der Waals surface area contributed by atoms with E-state index in [1.165, 1.54) is 14.0 Å². The molecule has 0 fully saturated rings. The van der Waals surface area contributed by atoms with E-state index in [0.717, 1.165) is 21.1 Å². The molecule has 0 aliphatic heterocycles. The lowest BCUT2D eigenvalue weighted by molar-refractivity contribution is -0.118. The van der Waals surface area contributed by atoms with Crippen molar-refractivity contribution in [2.45, 2.75) is 19.9 Å². The molecular formula is C16H17BrCl2N2O2. The molecule has 1 aromatic heterocycles. The molecule has 1 heterocycles.